The molecule has 0 radical (unpaired) electrons. The van der Waals surface area contributed by atoms with Gasteiger partial charge in [-0.2, -0.15) is 9.90 Å². The number of hydrogen-bond acceptors (Lipinski definition) is 5. The first-order chi connectivity index (χ1) is 5.72. The molecule has 0 saturated heterocycles. The molecule has 66 valence electrons. The molecule has 0 atom stereocenters. The van der Waals surface area contributed by atoms with Crippen LogP contribution in [0.4, 0.5) is 5.82 Å². The van der Waals surface area contributed by atoms with Crippen LogP contribution < -0.4 is 5.73 Å². The molecule has 1 aromatic rings. The normalized spacial score (nSPS) is 9.75. The molecule has 1 heterocycles. The van der Waals surface area contributed by atoms with E-state index in [0.717, 1.165) is 0 Å². The summed E-state index contributed by atoms with van der Waals surface area (Å²) in [7, 11) is 0. The summed E-state index contributed by atoms with van der Waals surface area (Å²) in [6.07, 6.45) is 1.37. The molecule has 0 fully saturated rings. The molecule has 0 spiro atoms. The van der Waals surface area contributed by atoms with Gasteiger partial charge < -0.3 is 10.5 Å². The van der Waals surface area contributed by atoms with Crippen molar-refractivity contribution in [1.29, 1.82) is 0 Å². The Morgan fingerprint density at radius 2 is 2.58 bits per heavy atom. The van der Waals surface area contributed by atoms with Crippen LogP contribution in [0.3, 0.4) is 0 Å². The maximum Gasteiger partial charge on any atom is 0.329 e. The van der Waals surface area contributed by atoms with Crippen molar-refractivity contribution < 1.29 is 9.53 Å². The summed E-state index contributed by atoms with van der Waals surface area (Å²) in [6.45, 7) is 2.10. The fourth-order valence-corrected chi connectivity index (χ4v) is 0.709. The number of carbonyl (C=O) groups excluding carboxylic acids is 1. The Morgan fingerprint density at radius 1 is 1.83 bits per heavy atom. The second-order valence-corrected chi connectivity index (χ2v) is 2.10. The summed E-state index contributed by atoms with van der Waals surface area (Å²) >= 11 is 0. The lowest BCUT2D eigenvalue weighted by Crippen LogP contribution is -2.15. The third-order valence-corrected chi connectivity index (χ3v) is 1.13. The Bertz CT molecular complexity index is 270. The Kier molecular flexibility index (Phi) is 2.62. The molecule has 1 aromatic heterocycles. The molecule has 6 heteroatoms. The second-order valence-electron chi connectivity index (χ2n) is 2.10. The molecule has 0 aliphatic carbocycles. The molecule has 0 saturated carbocycles. The van der Waals surface area contributed by atoms with E-state index in [2.05, 4.69) is 14.9 Å². The van der Waals surface area contributed by atoms with Gasteiger partial charge in [0, 0.05) is 0 Å². The minimum Gasteiger partial charge on any atom is -0.465 e. The highest BCUT2D eigenvalue weighted by Crippen LogP contribution is 1.91. The van der Waals surface area contributed by atoms with E-state index in [1.54, 1.807) is 6.92 Å². The number of nitrogens with two attached hydrogens (primary N) is 1. The van der Waals surface area contributed by atoms with E-state index in [-0.39, 0.29) is 12.5 Å². The minimum absolute atomic E-state index is 0.00500. The SMILES string of the molecule is CCOC(=O)Cn1ncc(N)n1. The molecule has 1 rings (SSSR count). The van der Waals surface area contributed by atoms with Crippen molar-refractivity contribution in [3.05, 3.63) is 6.20 Å². The third kappa shape index (κ3) is 2.22. The molecule has 12 heavy (non-hydrogen) atoms. The highest BCUT2D eigenvalue weighted by atomic mass is 16.5. The molecule has 0 amide bonds. The van der Waals surface area contributed by atoms with E-state index in [9.17, 15) is 4.79 Å². The van der Waals surface area contributed by atoms with Gasteiger partial charge in [-0.05, 0) is 6.92 Å². The van der Waals surface area contributed by atoms with Crippen LogP contribution in [0.15, 0.2) is 6.20 Å². The Balaban J connectivity index is 2.46. The fraction of sp³-hybridized carbons (Fsp3) is 0.500. The number of rotatable bonds is 3. The van der Waals surface area contributed by atoms with Crippen LogP contribution in [0.25, 0.3) is 0 Å². The van der Waals surface area contributed by atoms with E-state index < -0.39 is 0 Å². The van der Waals surface area contributed by atoms with Crippen molar-refractivity contribution in [2.75, 3.05) is 12.3 Å². The molecule has 0 aliphatic heterocycles. The van der Waals surface area contributed by atoms with Gasteiger partial charge in [-0.25, -0.2) is 4.79 Å². The predicted octanol–water partition coefficient (Wildman–Crippen LogP) is -0.577. The van der Waals surface area contributed by atoms with Crippen molar-refractivity contribution in [3.8, 4) is 0 Å². The smallest absolute Gasteiger partial charge is 0.329 e. The number of anilines is 1. The number of carbonyl (C=O) groups is 1. The first kappa shape index (κ1) is 8.51. The van der Waals surface area contributed by atoms with Gasteiger partial charge in [0.2, 0.25) is 0 Å². The highest BCUT2D eigenvalue weighted by Gasteiger charge is 2.04. The Labute approximate surface area is 69.3 Å². The van der Waals surface area contributed by atoms with Crippen molar-refractivity contribution in [3.63, 3.8) is 0 Å². The molecular formula is C6H10N4O2. The summed E-state index contributed by atoms with van der Waals surface area (Å²) in [6, 6.07) is 0. The average Bonchev–Trinajstić information content (AvgIpc) is 2.36. The molecule has 2 N–H and O–H groups in total. The van der Waals surface area contributed by atoms with Gasteiger partial charge in [0.15, 0.2) is 12.4 Å². The number of ether oxygens (including phenoxy) is 1. The van der Waals surface area contributed by atoms with E-state index in [4.69, 9.17) is 5.73 Å². The second kappa shape index (κ2) is 3.70. The zero-order valence-corrected chi connectivity index (χ0v) is 6.73. The van der Waals surface area contributed by atoms with Gasteiger partial charge in [-0.3, -0.25) is 0 Å². The predicted molar refractivity (Wildman–Crippen MR) is 41.1 cm³/mol. The summed E-state index contributed by atoms with van der Waals surface area (Å²) in [5, 5.41) is 7.43. The van der Waals surface area contributed by atoms with Crippen LogP contribution >= 0.6 is 0 Å². The third-order valence-electron chi connectivity index (χ3n) is 1.13. The van der Waals surface area contributed by atoms with E-state index in [1.807, 2.05) is 0 Å². The van der Waals surface area contributed by atoms with Gasteiger partial charge in [0.1, 0.15) is 0 Å². The first-order valence-electron chi connectivity index (χ1n) is 3.53. The first-order valence-corrected chi connectivity index (χ1v) is 3.53. The van der Waals surface area contributed by atoms with Crippen LogP contribution in [-0.4, -0.2) is 27.6 Å². The molecule has 0 aromatic carbocycles. The monoisotopic (exact) mass is 170 g/mol. The highest BCUT2D eigenvalue weighted by molar-refractivity contribution is 5.68. The van der Waals surface area contributed by atoms with Crippen molar-refractivity contribution in [1.82, 2.24) is 15.0 Å². The summed E-state index contributed by atoms with van der Waals surface area (Å²) < 4.78 is 4.67. The van der Waals surface area contributed by atoms with E-state index in [1.165, 1.54) is 11.0 Å². The largest absolute Gasteiger partial charge is 0.465 e. The van der Waals surface area contributed by atoms with Gasteiger partial charge >= 0.3 is 5.97 Å². The maximum atomic E-state index is 10.9. The van der Waals surface area contributed by atoms with Crippen LogP contribution in [0, 0.1) is 0 Å². The van der Waals surface area contributed by atoms with Crippen LogP contribution in [-0.2, 0) is 16.1 Å². The molecule has 0 unspecified atom stereocenters. The van der Waals surface area contributed by atoms with Gasteiger partial charge in [0.05, 0.1) is 12.8 Å². The van der Waals surface area contributed by atoms with Gasteiger partial charge in [0.25, 0.3) is 0 Å². The number of esters is 1. The quantitative estimate of drug-likeness (QED) is 0.614. The van der Waals surface area contributed by atoms with Crippen LogP contribution in [0.2, 0.25) is 0 Å². The standard InChI is InChI=1S/C6H10N4O2/c1-2-12-6(11)4-10-8-3-5(7)9-10/h3H,2,4H2,1H3,(H2,7,9). The number of aromatic nitrogens is 3. The van der Waals surface area contributed by atoms with Crippen LogP contribution in [0.5, 0.6) is 0 Å². The summed E-state index contributed by atoms with van der Waals surface area (Å²) in [5.74, 6) is -0.0765. The minimum atomic E-state index is -0.367. The number of nitrogens with zero attached hydrogens (tertiary/aromatic N) is 3. The van der Waals surface area contributed by atoms with Crippen molar-refractivity contribution >= 4 is 11.8 Å². The zero-order valence-electron chi connectivity index (χ0n) is 6.73. The number of hydrogen-bond donors (Lipinski definition) is 1. The van der Waals surface area contributed by atoms with Crippen molar-refractivity contribution in [2.24, 2.45) is 0 Å². The topological polar surface area (TPSA) is 83.0 Å². The van der Waals surface area contributed by atoms with E-state index in [0.29, 0.717) is 12.4 Å². The van der Waals surface area contributed by atoms with Crippen molar-refractivity contribution in [2.45, 2.75) is 13.5 Å². The lowest BCUT2D eigenvalue weighted by atomic mass is 10.7. The lowest BCUT2D eigenvalue weighted by molar-refractivity contribution is -0.144. The molecule has 0 aliphatic rings. The lowest BCUT2D eigenvalue weighted by Gasteiger charge is -1.99. The zero-order chi connectivity index (χ0) is 8.97. The summed E-state index contributed by atoms with van der Waals surface area (Å²) in [4.78, 5) is 12.0. The summed E-state index contributed by atoms with van der Waals surface area (Å²) in [5.41, 5.74) is 5.28. The Hall–Kier alpha value is -1.59. The van der Waals surface area contributed by atoms with Gasteiger partial charge in [-0.1, -0.05) is 0 Å². The van der Waals surface area contributed by atoms with Gasteiger partial charge in [-0.15, -0.1) is 5.10 Å². The fourth-order valence-electron chi connectivity index (χ4n) is 0.709. The van der Waals surface area contributed by atoms with E-state index >= 15 is 0 Å². The molecule has 0 bridgehead atoms. The molecular weight excluding hydrogens is 160 g/mol. The Morgan fingerprint density at radius 3 is 3.08 bits per heavy atom. The average molecular weight is 170 g/mol. The molecule has 6 nitrogen and oxygen atoms in total. The number of nitrogen functional groups attached to an aromatic ring is 1. The maximum absolute atomic E-state index is 10.9. The van der Waals surface area contributed by atoms with Crippen LogP contribution in [0.1, 0.15) is 6.92 Å².